The Hall–Kier alpha value is -0.850. The van der Waals surface area contributed by atoms with E-state index in [4.69, 9.17) is 0 Å². The van der Waals surface area contributed by atoms with Gasteiger partial charge in [-0.05, 0) is 85.4 Å². The van der Waals surface area contributed by atoms with E-state index in [1.54, 1.807) is 6.92 Å². The summed E-state index contributed by atoms with van der Waals surface area (Å²) < 4.78 is 58.4. The van der Waals surface area contributed by atoms with Crippen molar-refractivity contribution in [3.8, 4) is 0 Å². The summed E-state index contributed by atoms with van der Waals surface area (Å²) in [4.78, 5) is 11.5. The number of hydrogen-bond donors (Lipinski definition) is 2. The van der Waals surface area contributed by atoms with E-state index in [0.29, 0.717) is 38.5 Å². The van der Waals surface area contributed by atoms with E-state index in [9.17, 15) is 23.8 Å². The molecule has 31 heavy (non-hydrogen) atoms. The Bertz CT molecular complexity index is 715. The topological polar surface area (TPSA) is 57.5 Å². The molecule has 0 bridgehead atoms. The molecule has 3 nitrogen and oxygen atoms in total. The zero-order chi connectivity index (χ0) is 22.9. The standard InChI is InChI=1S/C24H36F4O3/c1-12(18(20(25)26)21(30)31)15-4-5-16-19-17(7-9-23(15,16)3)22(2)8-6-14(29)10-13(22)11-24(19,27)28/h12-20,29H,4-11H2,1-3H3,(H,30,31)/t12-,13?,14+,15+,16?,17?,18+,19?,22?,23+/m0/s1. The maximum absolute atomic E-state index is 15.7. The molecule has 0 aromatic carbocycles. The van der Waals surface area contributed by atoms with E-state index in [2.05, 4.69) is 6.92 Å². The Morgan fingerprint density at radius 1 is 1.00 bits per heavy atom. The van der Waals surface area contributed by atoms with Crippen molar-refractivity contribution in [3.63, 3.8) is 0 Å². The van der Waals surface area contributed by atoms with E-state index >= 15 is 8.78 Å². The monoisotopic (exact) mass is 448 g/mol. The molecule has 178 valence electrons. The van der Waals surface area contributed by atoms with Gasteiger partial charge in [0.05, 0.1) is 6.10 Å². The second-order valence-electron chi connectivity index (χ2n) is 11.6. The van der Waals surface area contributed by atoms with Gasteiger partial charge in [-0.3, -0.25) is 4.79 Å². The van der Waals surface area contributed by atoms with Crippen molar-refractivity contribution in [2.24, 2.45) is 52.3 Å². The summed E-state index contributed by atoms with van der Waals surface area (Å²) in [5, 5.41) is 19.5. The Labute approximate surface area is 182 Å². The molecule has 0 aliphatic heterocycles. The molecule has 0 spiro atoms. The Morgan fingerprint density at radius 3 is 2.23 bits per heavy atom. The number of hydrogen-bond acceptors (Lipinski definition) is 2. The third-order valence-electron chi connectivity index (χ3n) is 10.5. The molecular weight excluding hydrogens is 412 g/mol. The fourth-order valence-corrected chi connectivity index (χ4v) is 8.85. The Morgan fingerprint density at radius 2 is 1.61 bits per heavy atom. The molecule has 0 heterocycles. The average molecular weight is 449 g/mol. The minimum absolute atomic E-state index is 0.133. The van der Waals surface area contributed by atoms with Crippen LogP contribution in [-0.4, -0.2) is 34.6 Å². The highest BCUT2D eigenvalue weighted by Crippen LogP contribution is 2.71. The number of fused-ring (bicyclic) bond motifs is 5. The van der Waals surface area contributed by atoms with Crippen LogP contribution in [0.3, 0.4) is 0 Å². The lowest BCUT2D eigenvalue weighted by atomic mass is 9.43. The van der Waals surface area contributed by atoms with Gasteiger partial charge in [-0.1, -0.05) is 20.8 Å². The molecule has 5 unspecified atom stereocenters. The van der Waals surface area contributed by atoms with E-state index in [1.807, 2.05) is 6.92 Å². The predicted octanol–water partition coefficient (Wildman–Crippen LogP) is 5.85. The predicted molar refractivity (Wildman–Crippen MR) is 108 cm³/mol. The summed E-state index contributed by atoms with van der Waals surface area (Å²) in [5.41, 5.74) is -0.757. The number of aliphatic hydroxyl groups is 1. The quantitative estimate of drug-likeness (QED) is 0.530. The van der Waals surface area contributed by atoms with Gasteiger partial charge < -0.3 is 10.2 Å². The van der Waals surface area contributed by atoms with Gasteiger partial charge in [0.1, 0.15) is 5.92 Å². The van der Waals surface area contributed by atoms with E-state index < -0.39 is 47.6 Å². The van der Waals surface area contributed by atoms with Gasteiger partial charge in [0.2, 0.25) is 0 Å². The molecule has 4 saturated carbocycles. The molecule has 4 aliphatic rings. The van der Waals surface area contributed by atoms with E-state index in [1.165, 1.54) is 0 Å². The van der Waals surface area contributed by atoms with Crippen LogP contribution in [0.15, 0.2) is 0 Å². The number of rotatable bonds is 4. The maximum Gasteiger partial charge on any atom is 0.312 e. The second-order valence-corrected chi connectivity index (χ2v) is 11.6. The first kappa shape index (κ1) is 23.3. The number of carboxylic acids is 1. The molecule has 4 rings (SSSR count). The summed E-state index contributed by atoms with van der Waals surface area (Å²) in [6.07, 6.45) is 0.585. The van der Waals surface area contributed by atoms with Crippen LogP contribution in [0.1, 0.15) is 72.1 Å². The lowest BCUT2D eigenvalue weighted by Crippen LogP contribution is -2.61. The minimum Gasteiger partial charge on any atom is -0.481 e. The summed E-state index contributed by atoms with van der Waals surface area (Å²) in [6.45, 7) is 5.67. The maximum atomic E-state index is 15.7. The Kier molecular flexibility index (Phi) is 5.71. The van der Waals surface area contributed by atoms with Crippen molar-refractivity contribution in [2.45, 2.75) is 90.6 Å². The van der Waals surface area contributed by atoms with Gasteiger partial charge in [0.25, 0.3) is 12.3 Å². The molecule has 4 fully saturated rings. The molecule has 2 N–H and O–H groups in total. The molecule has 0 aromatic heterocycles. The van der Waals surface area contributed by atoms with Crippen molar-refractivity contribution in [1.82, 2.24) is 0 Å². The van der Waals surface area contributed by atoms with Crippen molar-refractivity contribution in [2.75, 3.05) is 0 Å². The van der Waals surface area contributed by atoms with Gasteiger partial charge in [0, 0.05) is 12.3 Å². The normalized spacial score (nSPS) is 48.4. The van der Waals surface area contributed by atoms with Crippen molar-refractivity contribution < 1.29 is 32.6 Å². The van der Waals surface area contributed by atoms with Crippen LogP contribution in [-0.2, 0) is 4.79 Å². The fraction of sp³-hybridized carbons (Fsp3) is 0.958. The molecule has 0 radical (unpaired) electrons. The largest absolute Gasteiger partial charge is 0.481 e. The van der Waals surface area contributed by atoms with Crippen LogP contribution in [0.2, 0.25) is 0 Å². The highest BCUT2D eigenvalue weighted by atomic mass is 19.3. The summed E-state index contributed by atoms with van der Waals surface area (Å²) >= 11 is 0. The first-order chi connectivity index (χ1) is 14.3. The molecular formula is C24H36F4O3. The van der Waals surface area contributed by atoms with Gasteiger partial charge in [-0.2, -0.15) is 0 Å². The first-order valence-electron chi connectivity index (χ1n) is 11.9. The molecule has 0 amide bonds. The van der Waals surface area contributed by atoms with Gasteiger partial charge in [-0.15, -0.1) is 0 Å². The van der Waals surface area contributed by atoms with Crippen LogP contribution in [0.4, 0.5) is 17.6 Å². The molecule has 7 heteroatoms. The lowest BCUT2D eigenvalue weighted by molar-refractivity contribution is -0.239. The Balaban J connectivity index is 1.65. The molecule has 0 aromatic rings. The first-order valence-corrected chi connectivity index (χ1v) is 11.9. The zero-order valence-electron chi connectivity index (χ0n) is 18.7. The van der Waals surface area contributed by atoms with Crippen LogP contribution >= 0.6 is 0 Å². The summed E-state index contributed by atoms with van der Waals surface area (Å²) in [6, 6.07) is 0. The highest BCUT2D eigenvalue weighted by molar-refractivity contribution is 5.70. The molecule has 0 saturated heterocycles. The zero-order valence-corrected chi connectivity index (χ0v) is 18.7. The highest BCUT2D eigenvalue weighted by Gasteiger charge is 2.68. The number of halogens is 4. The van der Waals surface area contributed by atoms with Crippen LogP contribution in [0.25, 0.3) is 0 Å². The van der Waals surface area contributed by atoms with Crippen LogP contribution < -0.4 is 0 Å². The fourth-order valence-electron chi connectivity index (χ4n) is 8.85. The SMILES string of the molecule is C[C@@H]([C@H]1CCC2C3C(CC[C@@]21C)C1(C)CC[C@@H](O)CC1CC3(F)F)[C@@H](C(=O)O)C(F)F. The molecule has 10 atom stereocenters. The second kappa shape index (κ2) is 7.59. The number of carbonyl (C=O) groups is 1. The third kappa shape index (κ3) is 3.43. The van der Waals surface area contributed by atoms with Crippen molar-refractivity contribution >= 4 is 5.97 Å². The summed E-state index contributed by atoms with van der Waals surface area (Å²) in [7, 11) is 0. The van der Waals surface area contributed by atoms with Gasteiger partial charge in [0.15, 0.2) is 0 Å². The van der Waals surface area contributed by atoms with Crippen molar-refractivity contribution in [3.05, 3.63) is 0 Å². The van der Waals surface area contributed by atoms with Gasteiger partial charge >= 0.3 is 5.97 Å². The van der Waals surface area contributed by atoms with Gasteiger partial charge in [-0.25, -0.2) is 17.6 Å². The van der Waals surface area contributed by atoms with E-state index in [-0.39, 0.29) is 35.5 Å². The number of alkyl halides is 4. The van der Waals surface area contributed by atoms with Crippen LogP contribution in [0.5, 0.6) is 0 Å². The average Bonchev–Trinajstić information content (AvgIpc) is 2.99. The third-order valence-corrected chi connectivity index (χ3v) is 10.5. The van der Waals surface area contributed by atoms with E-state index in [0.717, 1.165) is 6.42 Å². The number of carboxylic acid groups (broad SMARTS) is 1. The number of aliphatic carboxylic acids is 1. The van der Waals surface area contributed by atoms with Crippen LogP contribution in [0, 0.1) is 52.3 Å². The minimum atomic E-state index is -2.96. The lowest BCUT2D eigenvalue weighted by Gasteiger charge is -2.63. The summed E-state index contributed by atoms with van der Waals surface area (Å²) in [5.74, 6) is -8.52. The number of aliphatic hydroxyl groups excluding tert-OH is 1. The smallest absolute Gasteiger partial charge is 0.312 e. The van der Waals surface area contributed by atoms with Crippen molar-refractivity contribution in [1.29, 1.82) is 0 Å². The molecule has 4 aliphatic carbocycles.